The van der Waals surface area contributed by atoms with Crippen LogP contribution in [0.1, 0.15) is 0 Å². The summed E-state index contributed by atoms with van der Waals surface area (Å²) in [6, 6.07) is 3.21. The molecule has 0 saturated heterocycles. The Balaban J connectivity index is 2.95. The van der Waals surface area contributed by atoms with E-state index in [2.05, 4.69) is 5.32 Å². The van der Waals surface area contributed by atoms with Gasteiger partial charge in [-0.05, 0) is 12.1 Å². The molecule has 0 unspecified atom stereocenters. The fourth-order valence-corrected chi connectivity index (χ4v) is 1.59. The smallest absolute Gasteiger partial charge is 0.239 e. The Morgan fingerprint density at radius 2 is 2.00 bits per heavy atom. The van der Waals surface area contributed by atoms with Gasteiger partial charge >= 0.3 is 0 Å². The summed E-state index contributed by atoms with van der Waals surface area (Å²) < 4.78 is 0. The van der Waals surface area contributed by atoms with Crippen LogP contribution in [0.5, 0.6) is 0 Å². The van der Waals surface area contributed by atoms with Crippen molar-refractivity contribution in [3.63, 3.8) is 0 Å². The molecule has 88 valence electrons. The molecular formula is C10H13Cl2N3O. The molecule has 0 aliphatic rings. The second-order valence-electron chi connectivity index (χ2n) is 3.35. The first-order valence-corrected chi connectivity index (χ1v) is 5.37. The van der Waals surface area contributed by atoms with Gasteiger partial charge in [-0.3, -0.25) is 4.79 Å². The number of nitrogens with zero attached hydrogens (tertiary/aromatic N) is 1. The Bertz CT molecular complexity index is 409. The maximum atomic E-state index is 11.2. The van der Waals surface area contributed by atoms with Crippen molar-refractivity contribution < 1.29 is 4.79 Å². The number of rotatable bonds is 3. The second-order valence-corrected chi connectivity index (χ2v) is 4.17. The van der Waals surface area contributed by atoms with Crippen molar-refractivity contribution in [1.82, 2.24) is 5.32 Å². The zero-order valence-corrected chi connectivity index (χ0v) is 10.6. The zero-order chi connectivity index (χ0) is 12.3. The van der Waals surface area contributed by atoms with Crippen LogP contribution in [0, 0.1) is 0 Å². The number of carbonyl (C=O) groups excluding carboxylic acids is 1. The largest absolute Gasteiger partial charge is 0.397 e. The molecule has 3 N–H and O–H groups in total. The van der Waals surface area contributed by atoms with Gasteiger partial charge in [-0.1, -0.05) is 23.2 Å². The molecule has 0 aliphatic heterocycles. The van der Waals surface area contributed by atoms with Crippen molar-refractivity contribution in [2.45, 2.75) is 0 Å². The Kier molecular flexibility index (Phi) is 4.26. The number of halogens is 2. The Morgan fingerprint density at radius 3 is 2.56 bits per heavy atom. The number of benzene rings is 1. The minimum Gasteiger partial charge on any atom is -0.397 e. The molecule has 6 heteroatoms. The van der Waals surface area contributed by atoms with Crippen molar-refractivity contribution in [2.75, 3.05) is 31.3 Å². The van der Waals surface area contributed by atoms with Gasteiger partial charge in [-0.25, -0.2) is 0 Å². The standard InChI is InChI=1S/C10H13Cl2N3O/c1-14-10(16)5-15(2)9-4-7(12)6(11)3-8(9)13/h3-4H,5,13H2,1-2H3,(H,14,16). The normalized spacial score (nSPS) is 10.0. The van der Waals surface area contributed by atoms with Crippen molar-refractivity contribution in [3.05, 3.63) is 22.2 Å². The van der Waals surface area contributed by atoms with Gasteiger partial charge in [0.15, 0.2) is 0 Å². The number of likely N-dealkylation sites (N-methyl/N-ethyl adjacent to an activating group) is 2. The summed E-state index contributed by atoms with van der Waals surface area (Å²) in [5.74, 6) is -0.104. The number of hydrogen-bond donors (Lipinski definition) is 2. The van der Waals surface area contributed by atoms with Crippen LogP contribution in [-0.4, -0.2) is 26.5 Å². The summed E-state index contributed by atoms with van der Waals surface area (Å²) >= 11 is 11.7. The molecule has 0 aliphatic carbocycles. The molecule has 1 rings (SSSR count). The molecule has 0 radical (unpaired) electrons. The van der Waals surface area contributed by atoms with E-state index in [1.54, 1.807) is 31.1 Å². The summed E-state index contributed by atoms with van der Waals surface area (Å²) in [5, 5.41) is 3.34. The predicted octanol–water partition coefficient (Wildman–Crippen LogP) is 1.76. The zero-order valence-electron chi connectivity index (χ0n) is 9.05. The number of nitrogens with two attached hydrogens (primary N) is 1. The first-order valence-electron chi connectivity index (χ1n) is 4.62. The lowest BCUT2D eigenvalue weighted by Gasteiger charge is -2.20. The SMILES string of the molecule is CNC(=O)CN(C)c1cc(Cl)c(Cl)cc1N. The number of carbonyl (C=O) groups is 1. The van der Waals surface area contributed by atoms with Crippen LogP contribution in [0.25, 0.3) is 0 Å². The molecule has 0 aromatic heterocycles. The average Bonchev–Trinajstić information content (AvgIpc) is 2.23. The number of nitrogens with one attached hydrogen (secondary N) is 1. The summed E-state index contributed by atoms with van der Waals surface area (Å²) in [5.41, 5.74) is 6.96. The molecule has 1 aromatic rings. The van der Waals surface area contributed by atoms with Crippen LogP contribution in [0.15, 0.2) is 12.1 Å². The molecule has 0 heterocycles. The van der Waals surface area contributed by atoms with Gasteiger partial charge in [0, 0.05) is 14.1 Å². The predicted molar refractivity (Wildman–Crippen MR) is 68.2 cm³/mol. The van der Waals surface area contributed by atoms with E-state index >= 15 is 0 Å². The van der Waals surface area contributed by atoms with E-state index in [1.807, 2.05) is 0 Å². The lowest BCUT2D eigenvalue weighted by Crippen LogP contribution is -2.33. The molecular weight excluding hydrogens is 249 g/mol. The van der Waals surface area contributed by atoms with E-state index in [4.69, 9.17) is 28.9 Å². The summed E-state index contributed by atoms with van der Waals surface area (Å²) in [7, 11) is 3.33. The van der Waals surface area contributed by atoms with Crippen molar-refractivity contribution in [2.24, 2.45) is 0 Å². The van der Waals surface area contributed by atoms with E-state index in [1.165, 1.54) is 0 Å². The van der Waals surface area contributed by atoms with Gasteiger partial charge in [-0.2, -0.15) is 0 Å². The molecule has 1 aromatic carbocycles. The highest BCUT2D eigenvalue weighted by atomic mass is 35.5. The summed E-state index contributed by atoms with van der Waals surface area (Å²) in [6.07, 6.45) is 0. The van der Waals surface area contributed by atoms with Crippen LogP contribution in [0.3, 0.4) is 0 Å². The number of amides is 1. The van der Waals surface area contributed by atoms with E-state index in [0.29, 0.717) is 21.4 Å². The fourth-order valence-electron chi connectivity index (χ4n) is 1.26. The third-order valence-electron chi connectivity index (χ3n) is 2.14. The molecule has 0 saturated carbocycles. The molecule has 0 atom stereocenters. The van der Waals surface area contributed by atoms with E-state index in [-0.39, 0.29) is 12.5 Å². The first-order chi connectivity index (χ1) is 7.45. The third kappa shape index (κ3) is 2.93. The third-order valence-corrected chi connectivity index (χ3v) is 2.86. The lowest BCUT2D eigenvalue weighted by molar-refractivity contribution is -0.119. The Hall–Kier alpha value is -1.13. The van der Waals surface area contributed by atoms with Crippen molar-refractivity contribution in [3.8, 4) is 0 Å². The Morgan fingerprint density at radius 1 is 1.44 bits per heavy atom. The van der Waals surface area contributed by atoms with Crippen LogP contribution in [0.2, 0.25) is 10.0 Å². The minimum absolute atomic E-state index is 0.104. The van der Waals surface area contributed by atoms with Crippen LogP contribution in [-0.2, 0) is 4.79 Å². The monoisotopic (exact) mass is 261 g/mol. The lowest BCUT2D eigenvalue weighted by atomic mass is 10.2. The average molecular weight is 262 g/mol. The van der Waals surface area contributed by atoms with Crippen LogP contribution in [0.4, 0.5) is 11.4 Å². The highest BCUT2D eigenvalue weighted by molar-refractivity contribution is 6.42. The van der Waals surface area contributed by atoms with Crippen molar-refractivity contribution >= 4 is 40.5 Å². The summed E-state index contributed by atoms with van der Waals surface area (Å²) in [4.78, 5) is 12.9. The van der Waals surface area contributed by atoms with Gasteiger partial charge in [-0.15, -0.1) is 0 Å². The molecule has 16 heavy (non-hydrogen) atoms. The molecule has 0 fully saturated rings. The van der Waals surface area contributed by atoms with Gasteiger partial charge in [0.25, 0.3) is 0 Å². The van der Waals surface area contributed by atoms with Crippen LogP contribution >= 0.6 is 23.2 Å². The topological polar surface area (TPSA) is 58.4 Å². The summed E-state index contributed by atoms with van der Waals surface area (Å²) in [6.45, 7) is 0.207. The first kappa shape index (κ1) is 12.9. The molecule has 4 nitrogen and oxygen atoms in total. The van der Waals surface area contributed by atoms with Gasteiger partial charge < -0.3 is 16.0 Å². The molecule has 0 bridgehead atoms. The van der Waals surface area contributed by atoms with E-state index in [0.717, 1.165) is 0 Å². The maximum absolute atomic E-state index is 11.2. The van der Waals surface area contributed by atoms with Gasteiger partial charge in [0.1, 0.15) is 0 Å². The Labute approximate surface area is 104 Å². The van der Waals surface area contributed by atoms with Crippen molar-refractivity contribution in [1.29, 1.82) is 0 Å². The maximum Gasteiger partial charge on any atom is 0.239 e. The fraction of sp³-hybridized carbons (Fsp3) is 0.300. The minimum atomic E-state index is -0.104. The quantitative estimate of drug-likeness (QED) is 0.816. The highest BCUT2D eigenvalue weighted by Gasteiger charge is 2.11. The van der Waals surface area contributed by atoms with Crippen LogP contribution < -0.4 is 16.0 Å². The number of hydrogen-bond acceptors (Lipinski definition) is 3. The van der Waals surface area contributed by atoms with Gasteiger partial charge in [0.05, 0.1) is 28.0 Å². The number of nitrogen functional groups attached to an aromatic ring is 1. The van der Waals surface area contributed by atoms with Gasteiger partial charge in [0.2, 0.25) is 5.91 Å². The van der Waals surface area contributed by atoms with E-state index < -0.39 is 0 Å². The highest BCUT2D eigenvalue weighted by Crippen LogP contribution is 2.32. The molecule has 1 amide bonds. The van der Waals surface area contributed by atoms with E-state index in [9.17, 15) is 4.79 Å². The molecule has 0 spiro atoms. The second kappa shape index (κ2) is 5.27. The number of anilines is 2.